The Morgan fingerprint density at radius 3 is 2.33 bits per heavy atom. The summed E-state index contributed by atoms with van der Waals surface area (Å²) in [4.78, 5) is 20.2. The Morgan fingerprint density at radius 1 is 1.44 bits per heavy atom. The van der Waals surface area contributed by atoms with Crippen LogP contribution in [0, 0.1) is 0 Å². The van der Waals surface area contributed by atoms with Gasteiger partial charge in [0.1, 0.15) is 0 Å². The molecule has 0 aromatic rings. The SMILES string of the molecule is O=C(O)CCC(=O)SS. The second kappa shape index (κ2) is 4.69. The Hall–Kier alpha value is -0.160. The van der Waals surface area contributed by atoms with Gasteiger partial charge in [-0.25, -0.2) is 0 Å². The third kappa shape index (κ3) is 5.72. The van der Waals surface area contributed by atoms with Crippen molar-refractivity contribution in [3.05, 3.63) is 0 Å². The third-order valence-electron chi connectivity index (χ3n) is 0.645. The predicted octanol–water partition coefficient (Wildman–Crippen LogP) is 0.956. The summed E-state index contributed by atoms with van der Waals surface area (Å²) >= 11 is 3.59. The molecule has 0 aromatic carbocycles. The molecule has 0 atom stereocenters. The highest BCUT2D eigenvalue weighted by molar-refractivity contribution is 8.74. The molecule has 0 saturated carbocycles. The Kier molecular flexibility index (Phi) is 4.61. The summed E-state index contributed by atoms with van der Waals surface area (Å²) in [6.45, 7) is 0. The lowest BCUT2D eigenvalue weighted by Crippen LogP contribution is -1.97. The maximum absolute atomic E-state index is 10.3. The van der Waals surface area contributed by atoms with E-state index < -0.39 is 5.97 Å². The van der Waals surface area contributed by atoms with Gasteiger partial charge in [0.05, 0.1) is 6.42 Å². The first kappa shape index (κ1) is 8.84. The second-order valence-corrected chi connectivity index (χ2v) is 2.54. The second-order valence-electron chi connectivity index (χ2n) is 1.36. The van der Waals surface area contributed by atoms with Crippen LogP contribution in [0.25, 0.3) is 0 Å². The van der Waals surface area contributed by atoms with Crippen LogP contribution in [0.4, 0.5) is 0 Å². The van der Waals surface area contributed by atoms with Gasteiger partial charge in [0.2, 0.25) is 0 Å². The molecule has 5 heteroatoms. The van der Waals surface area contributed by atoms with E-state index in [1.54, 1.807) is 0 Å². The van der Waals surface area contributed by atoms with Crippen molar-refractivity contribution in [2.24, 2.45) is 0 Å². The highest BCUT2D eigenvalue weighted by Gasteiger charge is 2.02. The van der Waals surface area contributed by atoms with Crippen molar-refractivity contribution < 1.29 is 14.7 Å². The first-order valence-electron chi connectivity index (χ1n) is 2.23. The standard InChI is InChI=1S/C4H6O3S2/c5-3(6)1-2-4(7)9-8/h8H,1-2H2,(H,5,6). The molecule has 0 amide bonds. The van der Waals surface area contributed by atoms with E-state index in [0.29, 0.717) is 0 Å². The average Bonchev–Trinajstić information content (AvgIpc) is 1.83. The molecule has 52 valence electrons. The Balaban J connectivity index is 3.28. The largest absolute Gasteiger partial charge is 0.481 e. The number of thiol groups is 1. The van der Waals surface area contributed by atoms with Crippen LogP contribution < -0.4 is 0 Å². The summed E-state index contributed by atoms with van der Waals surface area (Å²) in [6.07, 6.45) is -0.0457. The number of carbonyl (C=O) groups is 2. The quantitative estimate of drug-likeness (QED) is 0.484. The number of hydrogen-bond acceptors (Lipinski definition) is 4. The molecule has 0 saturated heterocycles. The van der Waals surface area contributed by atoms with Crippen LogP contribution in [-0.2, 0) is 9.59 Å². The summed E-state index contributed by atoms with van der Waals surface area (Å²) in [5.41, 5.74) is 0. The van der Waals surface area contributed by atoms with E-state index in [-0.39, 0.29) is 18.0 Å². The minimum absolute atomic E-state index is 0.0590. The number of rotatable bonds is 3. The average molecular weight is 166 g/mol. The number of carboxylic acids is 1. The number of carbonyl (C=O) groups excluding carboxylic acids is 1. The minimum atomic E-state index is -0.953. The summed E-state index contributed by atoms with van der Waals surface area (Å²) in [6, 6.07) is 0. The van der Waals surface area contributed by atoms with E-state index in [0.717, 1.165) is 10.8 Å². The van der Waals surface area contributed by atoms with Gasteiger partial charge in [0, 0.05) is 6.42 Å². The lowest BCUT2D eigenvalue weighted by Gasteiger charge is -1.89. The van der Waals surface area contributed by atoms with Crippen molar-refractivity contribution in [2.45, 2.75) is 12.8 Å². The van der Waals surface area contributed by atoms with E-state index in [2.05, 4.69) is 11.7 Å². The lowest BCUT2D eigenvalue weighted by molar-refractivity contribution is -0.137. The first-order valence-corrected chi connectivity index (χ1v) is 4.09. The molecule has 0 radical (unpaired) electrons. The van der Waals surface area contributed by atoms with Crippen molar-refractivity contribution in [1.82, 2.24) is 0 Å². The van der Waals surface area contributed by atoms with Gasteiger partial charge in [0.25, 0.3) is 0 Å². The lowest BCUT2D eigenvalue weighted by atomic mass is 10.3. The van der Waals surface area contributed by atoms with Gasteiger partial charge in [-0.05, 0) is 10.8 Å². The van der Waals surface area contributed by atoms with Gasteiger partial charge < -0.3 is 5.11 Å². The molecule has 0 fully saturated rings. The van der Waals surface area contributed by atoms with Crippen molar-refractivity contribution in [3.8, 4) is 0 Å². The normalized spacial score (nSPS) is 9.00. The smallest absolute Gasteiger partial charge is 0.303 e. The fourth-order valence-electron chi connectivity index (χ4n) is 0.255. The zero-order chi connectivity index (χ0) is 7.28. The van der Waals surface area contributed by atoms with Gasteiger partial charge in [-0.3, -0.25) is 9.59 Å². The van der Waals surface area contributed by atoms with Gasteiger partial charge >= 0.3 is 5.97 Å². The van der Waals surface area contributed by atoms with E-state index in [4.69, 9.17) is 5.11 Å². The Morgan fingerprint density at radius 2 is 2.00 bits per heavy atom. The molecule has 3 nitrogen and oxygen atoms in total. The van der Waals surface area contributed by atoms with Crippen LogP contribution in [-0.4, -0.2) is 16.2 Å². The van der Waals surface area contributed by atoms with Crippen molar-refractivity contribution in [1.29, 1.82) is 0 Å². The molecular weight excluding hydrogens is 160 g/mol. The van der Waals surface area contributed by atoms with Gasteiger partial charge in [0.15, 0.2) is 5.12 Å². The molecule has 0 bridgehead atoms. The highest BCUT2D eigenvalue weighted by Crippen LogP contribution is 2.10. The highest BCUT2D eigenvalue weighted by atomic mass is 33.1. The molecule has 0 spiro atoms. The molecule has 9 heavy (non-hydrogen) atoms. The Bertz CT molecular complexity index is 123. The van der Waals surface area contributed by atoms with E-state index in [1.807, 2.05) is 0 Å². The Labute approximate surface area is 61.6 Å². The molecule has 0 aliphatic rings. The van der Waals surface area contributed by atoms with Crippen molar-refractivity contribution in [3.63, 3.8) is 0 Å². The maximum atomic E-state index is 10.3. The van der Waals surface area contributed by atoms with Crippen LogP contribution in [0.15, 0.2) is 0 Å². The maximum Gasteiger partial charge on any atom is 0.303 e. The van der Waals surface area contributed by atoms with Gasteiger partial charge in [-0.2, -0.15) is 0 Å². The van der Waals surface area contributed by atoms with Gasteiger partial charge in [-0.1, -0.05) is 0 Å². The van der Waals surface area contributed by atoms with Crippen LogP contribution in [0.5, 0.6) is 0 Å². The van der Waals surface area contributed by atoms with E-state index in [9.17, 15) is 9.59 Å². The summed E-state index contributed by atoms with van der Waals surface area (Å²) < 4.78 is 0. The zero-order valence-corrected chi connectivity index (χ0v) is 6.24. The number of aliphatic carboxylic acids is 1. The molecule has 0 aliphatic carbocycles. The van der Waals surface area contributed by atoms with Crippen LogP contribution >= 0.6 is 22.5 Å². The molecule has 0 rings (SSSR count). The van der Waals surface area contributed by atoms with Crippen molar-refractivity contribution >= 4 is 33.5 Å². The fraction of sp³-hybridized carbons (Fsp3) is 0.500. The third-order valence-corrected chi connectivity index (χ3v) is 1.66. The zero-order valence-electron chi connectivity index (χ0n) is 4.53. The van der Waals surface area contributed by atoms with Gasteiger partial charge in [-0.15, -0.1) is 11.7 Å². The molecule has 0 unspecified atom stereocenters. The fourth-order valence-corrected chi connectivity index (χ4v) is 0.722. The number of carboxylic acid groups (broad SMARTS) is 1. The van der Waals surface area contributed by atoms with Crippen LogP contribution in [0.1, 0.15) is 12.8 Å². The number of hydrogen-bond donors (Lipinski definition) is 2. The van der Waals surface area contributed by atoms with E-state index >= 15 is 0 Å². The molecular formula is C4H6O3S2. The summed E-state index contributed by atoms with van der Waals surface area (Å²) in [7, 11) is 0.759. The van der Waals surface area contributed by atoms with Crippen LogP contribution in [0.2, 0.25) is 0 Å². The minimum Gasteiger partial charge on any atom is -0.481 e. The molecule has 0 heterocycles. The van der Waals surface area contributed by atoms with Crippen molar-refractivity contribution in [2.75, 3.05) is 0 Å². The molecule has 0 aliphatic heterocycles. The monoisotopic (exact) mass is 166 g/mol. The summed E-state index contributed by atoms with van der Waals surface area (Å²) in [5, 5.41) is 7.86. The molecule has 0 aromatic heterocycles. The molecule has 1 N–H and O–H groups in total. The van der Waals surface area contributed by atoms with E-state index in [1.165, 1.54) is 0 Å². The summed E-state index contributed by atoms with van der Waals surface area (Å²) in [5.74, 6) is -0.953. The van der Waals surface area contributed by atoms with Crippen LogP contribution in [0.3, 0.4) is 0 Å². The predicted molar refractivity (Wildman–Crippen MR) is 38.5 cm³/mol. The first-order chi connectivity index (χ1) is 4.16. The topological polar surface area (TPSA) is 54.4 Å².